The van der Waals surface area contributed by atoms with Gasteiger partial charge in [0.1, 0.15) is 5.75 Å². The molecule has 19 heavy (non-hydrogen) atoms. The fraction of sp³-hybridized carbons (Fsp3) is 0.188. The SMILES string of the molecule is COc1ccc(CCc2ccccc2C(=O)O)cc1. The summed E-state index contributed by atoms with van der Waals surface area (Å²) in [6.45, 7) is 0. The van der Waals surface area contributed by atoms with Crippen LogP contribution in [0.1, 0.15) is 21.5 Å². The zero-order valence-corrected chi connectivity index (χ0v) is 10.8. The van der Waals surface area contributed by atoms with Crippen molar-refractivity contribution in [2.45, 2.75) is 12.8 Å². The molecular weight excluding hydrogens is 240 g/mol. The van der Waals surface area contributed by atoms with Crippen molar-refractivity contribution >= 4 is 5.97 Å². The summed E-state index contributed by atoms with van der Waals surface area (Å²) in [4.78, 5) is 11.1. The minimum Gasteiger partial charge on any atom is -0.497 e. The molecular formula is C16H16O3. The molecule has 1 N–H and O–H groups in total. The monoisotopic (exact) mass is 256 g/mol. The molecule has 0 fully saturated rings. The summed E-state index contributed by atoms with van der Waals surface area (Å²) in [5, 5.41) is 9.11. The average Bonchev–Trinajstić information content (AvgIpc) is 2.46. The first-order valence-corrected chi connectivity index (χ1v) is 6.15. The molecule has 2 rings (SSSR count). The molecule has 0 aromatic heterocycles. The second kappa shape index (κ2) is 6.05. The summed E-state index contributed by atoms with van der Waals surface area (Å²) in [5.74, 6) is -0.0417. The van der Waals surface area contributed by atoms with E-state index < -0.39 is 5.97 Å². The average molecular weight is 256 g/mol. The minimum atomic E-state index is -0.870. The molecule has 0 heterocycles. The van der Waals surface area contributed by atoms with Gasteiger partial charge in [-0.25, -0.2) is 4.79 Å². The number of benzene rings is 2. The molecule has 2 aromatic carbocycles. The van der Waals surface area contributed by atoms with E-state index in [0.29, 0.717) is 5.56 Å². The molecule has 0 bridgehead atoms. The number of rotatable bonds is 5. The lowest BCUT2D eigenvalue weighted by Gasteiger charge is -2.06. The summed E-state index contributed by atoms with van der Waals surface area (Å²) < 4.78 is 5.10. The van der Waals surface area contributed by atoms with Crippen molar-refractivity contribution in [1.82, 2.24) is 0 Å². The summed E-state index contributed by atoms with van der Waals surface area (Å²) >= 11 is 0. The Morgan fingerprint density at radius 2 is 1.74 bits per heavy atom. The number of carboxylic acids is 1. The van der Waals surface area contributed by atoms with Crippen LogP contribution in [0.4, 0.5) is 0 Å². The number of carbonyl (C=O) groups is 1. The van der Waals surface area contributed by atoms with Gasteiger partial charge in [0.25, 0.3) is 0 Å². The largest absolute Gasteiger partial charge is 0.497 e. The van der Waals surface area contributed by atoms with Crippen molar-refractivity contribution in [3.05, 3.63) is 65.2 Å². The maximum Gasteiger partial charge on any atom is 0.335 e. The van der Waals surface area contributed by atoms with Gasteiger partial charge in [-0.2, -0.15) is 0 Å². The molecule has 0 atom stereocenters. The Balaban J connectivity index is 2.07. The number of aromatic carboxylic acids is 1. The van der Waals surface area contributed by atoms with Crippen molar-refractivity contribution in [2.75, 3.05) is 7.11 Å². The molecule has 98 valence electrons. The Bertz CT molecular complexity index is 558. The predicted molar refractivity (Wildman–Crippen MR) is 73.8 cm³/mol. The molecule has 0 spiro atoms. The molecule has 0 amide bonds. The van der Waals surface area contributed by atoms with Crippen LogP contribution in [0.5, 0.6) is 5.75 Å². The number of methoxy groups -OCH3 is 1. The summed E-state index contributed by atoms with van der Waals surface area (Å²) in [5.41, 5.74) is 2.42. The highest BCUT2D eigenvalue weighted by Gasteiger charge is 2.08. The van der Waals surface area contributed by atoms with E-state index in [2.05, 4.69) is 0 Å². The number of ether oxygens (including phenoxy) is 1. The number of aryl methyl sites for hydroxylation is 2. The van der Waals surface area contributed by atoms with E-state index in [1.54, 1.807) is 19.2 Å². The van der Waals surface area contributed by atoms with Crippen molar-refractivity contribution in [3.8, 4) is 5.75 Å². The summed E-state index contributed by atoms with van der Waals surface area (Å²) in [7, 11) is 1.64. The Labute approximate surface area is 112 Å². The van der Waals surface area contributed by atoms with Gasteiger partial charge in [-0.15, -0.1) is 0 Å². The van der Waals surface area contributed by atoms with Gasteiger partial charge in [-0.05, 0) is 42.2 Å². The Kier molecular flexibility index (Phi) is 4.18. The first-order chi connectivity index (χ1) is 9.20. The second-order valence-corrected chi connectivity index (χ2v) is 4.31. The standard InChI is InChI=1S/C16H16O3/c1-19-14-10-7-12(8-11-14)6-9-13-4-2-3-5-15(13)16(17)18/h2-5,7-8,10-11H,6,9H2,1H3,(H,17,18). The molecule has 3 nitrogen and oxygen atoms in total. The molecule has 0 aliphatic heterocycles. The van der Waals surface area contributed by atoms with Crippen LogP contribution >= 0.6 is 0 Å². The van der Waals surface area contributed by atoms with E-state index >= 15 is 0 Å². The third kappa shape index (κ3) is 3.35. The maximum absolute atomic E-state index is 11.1. The molecule has 3 heteroatoms. The third-order valence-corrected chi connectivity index (χ3v) is 3.09. The van der Waals surface area contributed by atoms with Crippen LogP contribution in [-0.4, -0.2) is 18.2 Å². The Morgan fingerprint density at radius 3 is 2.37 bits per heavy atom. The van der Waals surface area contributed by atoms with Crippen molar-refractivity contribution in [2.24, 2.45) is 0 Å². The fourth-order valence-corrected chi connectivity index (χ4v) is 2.02. The third-order valence-electron chi connectivity index (χ3n) is 3.09. The number of hydrogen-bond donors (Lipinski definition) is 1. The van der Waals surface area contributed by atoms with E-state index in [1.807, 2.05) is 36.4 Å². The van der Waals surface area contributed by atoms with Crippen LogP contribution in [-0.2, 0) is 12.8 Å². The van der Waals surface area contributed by atoms with E-state index in [1.165, 1.54) is 5.56 Å². The predicted octanol–water partition coefficient (Wildman–Crippen LogP) is 3.18. The van der Waals surface area contributed by atoms with Crippen LogP contribution in [0.25, 0.3) is 0 Å². The van der Waals surface area contributed by atoms with Crippen molar-refractivity contribution in [3.63, 3.8) is 0 Å². The zero-order chi connectivity index (χ0) is 13.7. The highest BCUT2D eigenvalue weighted by atomic mass is 16.5. The maximum atomic E-state index is 11.1. The summed E-state index contributed by atoms with van der Waals surface area (Å²) in [6, 6.07) is 15.0. The summed E-state index contributed by atoms with van der Waals surface area (Å²) in [6.07, 6.45) is 1.53. The van der Waals surface area contributed by atoms with Crippen LogP contribution < -0.4 is 4.74 Å². The highest BCUT2D eigenvalue weighted by molar-refractivity contribution is 5.89. The highest BCUT2D eigenvalue weighted by Crippen LogP contribution is 2.15. The molecule has 0 saturated heterocycles. The molecule has 2 aromatic rings. The molecule has 0 unspecified atom stereocenters. The lowest BCUT2D eigenvalue weighted by atomic mass is 10.00. The van der Waals surface area contributed by atoms with E-state index in [9.17, 15) is 4.79 Å². The van der Waals surface area contributed by atoms with Gasteiger partial charge in [-0.1, -0.05) is 30.3 Å². The van der Waals surface area contributed by atoms with Gasteiger partial charge in [0.15, 0.2) is 0 Å². The van der Waals surface area contributed by atoms with Gasteiger partial charge in [0, 0.05) is 0 Å². The lowest BCUT2D eigenvalue weighted by Crippen LogP contribution is -2.03. The number of hydrogen-bond acceptors (Lipinski definition) is 2. The van der Waals surface area contributed by atoms with Crippen molar-refractivity contribution < 1.29 is 14.6 Å². The molecule has 0 radical (unpaired) electrons. The molecule has 0 saturated carbocycles. The Hall–Kier alpha value is -2.29. The topological polar surface area (TPSA) is 46.5 Å². The van der Waals surface area contributed by atoms with Gasteiger partial charge < -0.3 is 9.84 Å². The van der Waals surface area contributed by atoms with E-state index in [0.717, 1.165) is 24.2 Å². The first-order valence-electron chi connectivity index (χ1n) is 6.15. The number of carboxylic acid groups (broad SMARTS) is 1. The second-order valence-electron chi connectivity index (χ2n) is 4.31. The van der Waals surface area contributed by atoms with Crippen LogP contribution in [0.15, 0.2) is 48.5 Å². The van der Waals surface area contributed by atoms with E-state index in [-0.39, 0.29) is 0 Å². The normalized spacial score (nSPS) is 10.2. The van der Waals surface area contributed by atoms with Gasteiger partial charge in [0.2, 0.25) is 0 Å². The van der Waals surface area contributed by atoms with Crippen LogP contribution in [0.3, 0.4) is 0 Å². The smallest absolute Gasteiger partial charge is 0.335 e. The van der Waals surface area contributed by atoms with Crippen LogP contribution in [0, 0.1) is 0 Å². The van der Waals surface area contributed by atoms with Gasteiger partial charge in [0.05, 0.1) is 12.7 Å². The van der Waals surface area contributed by atoms with Crippen molar-refractivity contribution in [1.29, 1.82) is 0 Å². The molecule has 0 aliphatic carbocycles. The lowest BCUT2D eigenvalue weighted by molar-refractivity contribution is 0.0695. The first kappa shape index (κ1) is 13.1. The van der Waals surface area contributed by atoms with Gasteiger partial charge in [-0.3, -0.25) is 0 Å². The van der Waals surface area contributed by atoms with E-state index in [4.69, 9.17) is 9.84 Å². The van der Waals surface area contributed by atoms with Gasteiger partial charge >= 0.3 is 5.97 Å². The fourth-order valence-electron chi connectivity index (χ4n) is 2.02. The minimum absolute atomic E-state index is 0.385. The quantitative estimate of drug-likeness (QED) is 0.893. The zero-order valence-electron chi connectivity index (χ0n) is 10.8. The molecule has 0 aliphatic rings. The van der Waals surface area contributed by atoms with Crippen LogP contribution in [0.2, 0.25) is 0 Å². The Morgan fingerprint density at radius 1 is 1.05 bits per heavy atom.